The van der Waals surface area contributed by atoms with Gasteiger partial charge < -0.3 is 20.4 Å². The summed E-state index contributed by atoms with van der Waals surface area (Å²) in [4.78, 5) is 41.7. The monoisotopic (exact) mass is 331 g/mol. The van der Waals surface area contributed by atoms with Gasteiger partial charge in [-0.15, -0.1) is 0 Å². The van der Waals surface area contributed by atoms with Crippen molar-refractivity contribution in [2.24, 2.45) is 0 Å². The Kier molecular flexibility index (Phi) is 4.32. The first-order chi connectivity index (χ1) is 11.5. The smallest absolute Gasteiger partial charge is 0.322 e. The van der Waals surface area contributed by atoms with Gasteiger partial charge in [0.15, 0.2) is 0 Å². The molecule has 1 unspecified atom stereocenters. The second-order valence-electron chi connectivity index (χ2n) is 5.40. The number of carbonyl (C=O) groups is 3. The number of ether oxygens (including phenoxy) is 1. The minimum absolute atomic E-state index is 0.131. The molecule has 1 atom stereocenters. The van der Waals surface area contributed by atoms with E-state index in [1.807, 2.05) is 18.2 Å². The lowest BCUT2D eigenvalue weighted by atomic mass is 10.1. The normalized spacial score (nSPS) is 16.8. The van der Waals surface area contributed by atoms with Gasteiger partial charge in [-0.3, -0.25) is 14.9 Å². The van der Waals surface area contributed by atoms with Gasteiger partial charge in [0.05, 0.1) is 24.7 Å². The second kappa shape index (κ2) is 6.57. The first-order valence-electron chi connectivity index (χ1n) is 7.46. The van der Waals surface area contributed by atoms with Crippen molar-refractivity contribution in [1.29, 1.82) is 0 Å². The lowest BCUT2D eigenvalue weighted by Crippen LogP contribution is -2.31. The van der Waals surface area contributed by atoms with E-state index in [2.05, 4.69) is 25.9 Å². The van der Waals surface area contributed by atoms with E-state index in [1.54, 1.807) is 7.11 Å². The molecular formula is C15H17N5O4. The van der Waals surface area contributed by atoms with Crippen LogP contribution in [0.15, 0.2) is 18.2 Å². The van der Waals surface area contributed by atoms with Gasteiger partial charge in [-0.05, 0) is 18.6 Å². The third kappa shape index (κ3) is 3.45. The molecule has 2 aromatic rings. The molecule has 0 aliphatic carbocycles. The Morgan fingerprint density at radius 2 is 2.21 bits per heavy atom. The summed E-state index contributed by atoms with van der Waals surface area (Å²) in [5, 5.41) is 7.31. The van der Waals surface area contributed by atoms with E-state index in [4.69, 9.17) is 4.74 Å². The molecule has 1 aromatic heterocycles. The number of urea groups is 1. The molecule has 4 N–H and O–H groups in total. The molecule has 1 aliphatic heterocycles. The highest BCUT2D eigenvalue weighted by atomic mass is 16.5. The summed E-state index contributed by atoms with van der Waals surface area (Å²) in [6, 6.07) is 4.30. The van der Waals surface area contributed by atoms with E-state index in [0.717, 1.165) is 16.8 Å². The number of rotatable bonds is 6. The standard InChI is InChI=1S/C15H17N5O4/c1-24-8-2-3-9-11(6-8)18-12(17-9)7-16-13(21)5-4-10-14(22)20-15(23)19-10/h2-3,6,10H,4-5,7H2,1H3,(H,16,21)(H,17,18)(H2,19,20,22,23). The van der Waals surface area contributed by atoms with Gasteiger partial charge >= 0.3 is 6.03 Å². The number of H-pyrrole nitrogens is 1. The molecule has 24 heavy (non-hydrogen) atoms. The summed E-state index contributed by atoms with van der Waals surface area (Å²) < 4.78 is 5.15. The molecule has 1 aromatic carbocycles. The van der Waals surface area contributed by atoms with Gasteiger partial charge in [-0.2, -0.15) is 0 Å². The molecule has 0 spiro atoms. The second-order valence-corrected chi connectivity index (χ2v) is 5.40. The molecule has 9 heteroatoms. The highest BCUT2D eigenvalue weighted by Gasteiger charge is 2.29. The number of nitrogens with one attached hydrogen (secondary N) is 4. The van der Waals surface area contributed by atoms with Crippen LogP contribution < -0.4 is 20.7 Å². The Labute approximate surface area is 137 Å². The maximum atomic E-state index is 11.9. The van der Waals surface area contributed by atoms with Gasteiger partial charge in [0, 0.05) is 12.5 Å². The number of carbonyl (C=O) groups excluding carboxylic acids is 3. The van der Waals surface area contributed by atoms with Crippen LogP contribution in [0, 0.1) is 0 Å². The highest BCUT2D eigenvalue weighted by molar-refractivity contribution is 6.04. The number of benzene rings is 1. The zero-order valence-corrected chi connectivity index (χ0v) is 13.0. The Bertz CT molecular complexity index is 800. The number of amides is 4. The molecule has 9 nitrogen and oxygen atoms in total. The van der Waals surface area contributed by atoms with Crippen LogP contribution >= 0.6 is 0 Å². The maximum Gasteiger partial charge on any atom is 0.322 e. The van der Waals surface area contributed by atoms with Gasteiger partial charge in [-0.1, -0.05) is 0 Å². The topological polar surface area (TPSA) is 125 Å². The molecule has 1 fully saturated rings. The van der Waals surface area contributed by atoms with Crippen LogP contribution in [-0.4, -0.2) is 41.0 Å². The fraction of sp³-hybridized carbons (Fsp3) is 0.333. The Morgan fingerprint density at radius 3 is 2.92 bits per heavy atom. The summed E-state index contributed by atoms with van der Waals surface area (Å²) in [5.74, 6) is 0.721. The van der Waals surface area contributed by atoms with Crippen molar-refractivity contribution >= 4 is 28.9 Å². The van der Waals surface area contributed by atoms with E-state index in [-0.39, 0.29) is 25.3 Å². The summed E-state index contributed by atoms with van der Waals surface area (Å²) >= 11 is 0. The quantitative estimate of drug-likeness (QED) is 0.562. The zero-order valence-electron chi connectivity index (χ0n) is 13.0. The minimum Gasteiger partial charge on any atom is -0.497 e. The zero-order chi connectivity index (χ0) is 17.1. The van der Waals surface area contributed by atoms with Crippen molar-refractivity contribution < 1.29 is 19.1 Å². The van der Waals surface area contributed by atoms with Crippen LogP contribution in [0.1, 0.15) is 18.7 Å². The van der Waals surface area contributed by atoms with Crippen LogP contribution in [0.2, 0.25) is 0 Å². The molecule has 4 amide bonds. The average Bonchev–Trinajstić information content (AvgIpc) is 3.12. The van der Waals surface area contributed by atoms with Gasteiger partial charge in [0.1, 0.15) is 17.6 Å². The predicted octanol–water partition coefficient (Wildman–Crippen LogP) is 0.176. The Balaban J connectivity index is 1.51. The van der Waals surface area contributed by atoms with Gasteiger partial charge in [0.25, 0.3) is 5.91 Å². The van der Waals surface area contributed by atoms with Crippen molar-refractivity contribution in [2.75, 3.05) is 7.11 Å². The summed E-state index contributed by atoms with van der Waals surface area (Å²) in [6.07, 6.45) is 0.382. The Morgan fingerprint density at radius 1 is 1.38 bits per heavy atom. The first-order valence-corrected chi connectivity index (χ1v) is 7.46. The fourth-order valence-electron chi connectivity index (χ4n) is 2.46. The molecule has 0 radical (unpaired) electrons. The molecule has 126 valence electrons. The number of imidazole rings is 1. The van der Waals surface area contributed by atoms with Crippen molar-refractivity contribution in [3.8, 4) is 5.75 Å². The number of fused-ring (bicyclic) bond motifs is 1. The van der Waals surface area contributed by atoms with E-state index < -0.39 is 18.0 Å². The molecule has 3 rings (SSSR count). The first kappa shape index (κ1) is 15.8. The maximum absolute atomic E-state index is 11.9. The SMILES string of the molecule is COc1ccc2nc(CNC(=O)CCC3NC(=O)NC3=O)[nH]c2c1. The number of aromatic amines is 1. The number of methoxy groups -OCH3 is 1. The van der Waals surface area contributed by atoms with Crippen LogP contribution in [0.4, 0.5) is 4.79 Å². The third-order valence-electron chi connectivity index (χ3n) is 3.71. The summed E-state index contributed by atoms with van der Waals surface area (Å²) in [5.41, 5.74) is 1.61. The van der Waals surface area contributed by atoms with E-state index in [9.17, 15) is 14.4 Å². The highest BCUT2D eigenvalue weighted by Crippen LogP contribution is 2.18. The molecule has 1 aliphatic rings. The fourth-order valence-corrected chi connectivity index (χ4v) is 2.46. The number of aromatic nitrogens is 2. The van der Waals surface area contributed by atoms with E-state index >= 15 is 0 Å². The lowest BCUT2D eigenvalue weighted by Gasteiger charge is -2.07. The van der Waals surface area contributed by atoms with Crippen molar-refractivity contribution in [3.05, 3.63) is 24.0 Å². The molecule has 0 bridgehead atoms. The molecule has 2 heterocycles. The molecular weight excluding hydrogens is 314 g/mol. The summed E-state index contributed by atoms with van der Waals surface area (Å²) in [6.45, 7) is 0.249. The van der Waals surface area contributed by atoms with Crippen LogP contribution in [-0.2, 0) is 16.1 Å². The largest absolute Gasteiger partial charge is 0.497 e. The number of imide groups is 1. The molecule has 0 saturated carbocycles. The Hall–Kier alpha value is -3.10. The third-order valence-corrected chi connectivity index (χ3v) is 3.71. The van der Waals surface area contributed by atoms with Gasteiger partial charge in [0.2, 0.25) is 5.91 Å². The average molecular weight is 331 g/mol. The van der Waals surface area contributed by atoms with Crippen LogP contribution in [0.5, 0.6) is 5.75 Å². The van der Waals surface area contributed by atoms with Gasteiger partial charge in [-0.25, -0.2) is 9.78 Å². The lowest BCUT2D eigenvalue weighted by molar-refractivity contribution is -0.122. The number of hydrogen-bond acceptors (Lipinski definition) is 5. The van der Waals surface area contributed by atoms with Crippen molar-refractivity contribution in [1.82, 2.24) is 25.9 Å². The van der Waals surface area contributed by atoms with Crippen molar-refractivity contribution in [3.63, 3.8) is 0 Å². The molecule has 1 saturated heterocycles. The minimum atomic E-state index is -0.651. The number of nitrogens with zero attached hydrogens (tertiary/aromatic N) is 1. The predicted molar refractivity (Wildman–Crippen MR) is 84.2 cm³/mol. The summed E-state index contributed by atoms with van der Waals surface area (Å²) in [7, 11) is 1.59. The van der Waals surface area contributed by atoms with Crippen molar-refractivity contribution in [2.45, 2.75) is 25.4 Å². The van der Waals surface area contributed by atoms with E-state index in [0.29, 0.717) is 5.82 Å². The van der Waals surface area contributed by atoms with E-state index in [1.165, 1.54) is 0 Å². The van der Waals surface area contributed by atoms with Crippen LogP contribution in [0.3, 0.4) is 0 Å². The number of hydrogen-bond donors (Lipinski definition) is 4. The van der Waals surface area contributed by atoms with Crippen LogP contribution in [0.25, 0.3) is 11.0 Å².